The van der Waals surface area contributed by atoms with Crippen LogP contribution in [0.2, 0.25) is 0 Å². The number of hydrogen-bond donors (Lipinski definition) is 4. The van der Waals surface area contributed by atoms with Crippen LogP contribution in [-0.4, -0.2) is 60.9 Å². The number of fused-ring (bicyclic) bond motifs is 2. The number of carbonyl (C=O) groups excluding carboxylic acids is 2. The van der Waals surface area contributed by atoms with Crippen LogP contribution in [0.1, 0.15) is 167 Å². The number of nitrogens with zero attached hydrogens (tertiary/aromatic N) is 2. The Labute approximate surface area is 454 Å². The van der Waals surface area contributed by atoms with Gasteiger partial charge in [0.2, 0.25) is 11.8 Å². The van der Waals surface area contributed by atoms with Gasteiger partial charge in [-0.1, -0.05) is 132 Å². The highest BCUT2D eigenvalue weighted by molar-refractivity contribution is 5.97. The van der Waals surface area contributed by atoms with Crippen molar-refractivity contribution in [3.63, 3.8) is 0 Å². The lowest BCUT2D eigenvalue weighted by molar-refractivity contribution is -0.129. The molecule has 2 amide bonds. The summed E-state index contributed by atoms with van der Waals surface area (Å²) in [6.45, 7) is 27.3. The first-order chi connectivity index (χ1) is 36.3. The minimum atomic E-state index is -0.595. The lowest BCUT2D eigenvalue weighted by Crippen LogP contribution is -2.27. The smallest absolute Gasteiger partial charge is 0.249 e. The standard InChI is InChI=1S/C65H76N4O8/c1-62(2,3)50-29-42-25-46-33-52(64(7,8)9)35-48-27-44-31-51(63(4,5)6)32-45(59(44)73)28-49-36-53(65(10,11)12)34-47(26-43(30-50)58(42)72)61(49)77-24-22-75-55-19-15-41(16-20-55)39-67-69-57(71)37-56(70)68-66-38-40-13-17-54(18-14-40)74-21-23-76-60(46)48/h13-20,29-36,38-39,72-73H,21-28,37H2,1-12H3,(H,68,70)(H,69,71)/b66-38+,67-39+. The molecule has 1 aliphatic carbocycles. The van der Waals surface area contributed by atoms with Crippen molar-refractivity contribution >= 4 is 24.2 Å². The predicted molar refractivity (Wildman–Crippen MR) is 306 cm³/mol. The van der Waals surface area contributed by atoms with E-state index >= 15 is 0 Å². The van der Waals surface area contributed by atoms with Gasteiger partial charge in [-0.3, -0.25) is 9.59 Å². The summed E-state index contributed by atoms with van der Waals surface area (Å²) in [4.78, 5) is 25.0. The molecule has 0 radical (unpaired) electrons. The monoisotopic (exact) mass is 1040 g/mol. The van der Waals surface area contributed by atoms with Crippen LogP contribution in [-0.2, 0) is 56.9 Å². The highest BCUT2D eigenvalue weighted by Gasteiger charge is 2.29. The molecule has 0 atom stereocenters. The number of phenols is 2. The average molecular weight is 1040 g/mol. The number of phenolic OH excluding ortho intramolecular Hbond substituents is 2. The fourth-order valence-corrected chi connectivity index (χ4v) is 9.51. The van der Waals surface area contributed by atoms with E-state index in [0.29, 0.717) is 59.8 Å². The number of rotatable bonds is 0. The summed E-state index contributed by atoms with van der Waals surface area (Å²) in [5.74, 6) is 1.84. The van der Waals surface area contributed by atoms with Gasteiger partial charge in [-0.15, -0.1) is 0 Å². The van der Waals surface area contributed by atoms with E-state index in [-0.39, 0.29) is 59.6 Å². The molecule has 12 heteroatoms. The molecule has 4 aliphatic heterocycles. The zero-order valence-corrected chi connectivity index (χ0v) is 47.0. The van der Waals surface area contributed by atoms with Crippen LogP contribution in [0, 0.1) is 0 Å². The Balaban J connectivity index is 1.32. The normalized spacial score (nSPS) is 16.1. The number of hydrogen-bond acceptors (Lipinski definition) is 10. The molecule has 0 saturated carbocycles. The zero-order valence-electron chi connectivity index (χ0n) is 47.0. The zero-order chi connectivity index (χ0) is 55.5. The Hall–Kier alpha value is -7.60. The maximum absolute atomic E-state index is 12.7. The van der Waals surface area contributed by atoms with Gasteiger partial charge in [0.25, 0.3) is 0 Å². The van der Waals surface area contributed by atoms with Gasteiger partial charge < -0.3 is 29.2 Å². The second-order valence-electron chi connectivity index (χ2n) is 24.5. The summed E-state index contributed by atoms with van der Waals surface area (Å²) in [7, 11) is 0. The van der Waals surface area contributed by atoms with Crippen molar-refractivity contribution < 1.29 is 38.7 Å². The van der Waals surface area contributed by atoms with Crippen LogP contribution < -0.4 is 29.8 Å². The van der Waals surface area contributed by atoms with Crippen molar-refractivity contribution in [2.75, 3.05) is 26.4 Å². The molecule has 11 rings (SSSR count). The highest BCUT2D eigenvalue weighted by atomic mass is 16.5. The molecule has 404 valence electrons. The molecule has 0 unspecified atom stereocenters. The van der Waals surface area contributed by atoms with Gasteiger partial charge >= 0.3 is 0 Å². The van der Waals surface area contributed by atoms with Gasteiger partial charge in [-0.25, -0.2) is 10.9 Å². The van der Waals surface area contributed by atoms with Crippen molar-refractivity contribution in [2.45, 2.75) is 137 Å². The van der Waals surface area contributed by atoms with E-state index in [9.17, 15) is 19.8 Å². The number of hydrazone groups is 2. The topological polar surface area (TPSA) is 160 Å². The van der Waals surface area contributed by atoms with Crippen molar-refractivity contribution in [3.05, 3.63) is 175 Å². The fourth-order valence-electron chi connectivity index (χ4n) is 9.51. The maximum Gasteiger partial charge on any atom is 0.249 e. The number of nitrogens with one attached hydrogen (secondary N) is 2. The molecule has 12 nitrogen and oxygen atoms in total. The predicted octanol–water partition coefficient (Wildman–Crippen LogP) is 12.2. The quantitative estimate of drug-likeness (QED) is 0.109. The number of carbonyl (C=O) groups is 2. The Kier molecular flexibility index (Phi) is 16.3. The van der Waals surface area contributed by atoms with Gasteiger partial charge in [-0.2, -0.15) is 10.2 Å². The summed E-state index contributed by atoms with van der Waals surface area (Å²) in [6.07, 6.45) is 3.97. The molecule has 4 N–H and O–H groups in total. The highest BCUT2D eigenvalue weighted by Crippen LogP contribution is 2.44. The van der Waals surface area contributed by atoms with Gasteiger partial charge in [0, 0.05) is 25.7 Å². The Bertz CT molecular complexity index is 2890. The second kappa shape index (κ2) is 22.5. The molecule has 4 heterocycles. The molecule has 6 aromatic carbocycles. The first kappa shape index (κ1) is 55.6. The molecule has 0 fully saturated rings. The Morgan fingerprint density at radius 2 is 0.636 bits per heavy atom. The SMILES string of the molecule is CC(C)(C)c1cc2c(O)c(c1)Cc1cc(C(C)(C)C)cc3c1OCCOc1ccc(cc1)/C=N/NC(=O)CC(=O)N/N=C/c1ccc(cc1)OCCOc1c(cc(C(C)(C)C)cc1Cc1cc(C(C)(C)C)cc(c1O)C3)C2. The van der Waals surface area contributed by atoms with Gasteiger partial charge in [0.05, 0.1) is 12.4 Å². The minimum absolute atomic E-state index is 0.201. The molecule has 77 heavy (non-hydrogen) atoms. The molecule has 6 aromatic rings. The third-order valence-corrected chi connectivity index (χ3v) is 14.1. The van der Waals surface area contributed by atoms with Crippen LogP contribution >= 0.6 is 0 Å². The van der Waals surface area contributed by atoms with Crippen molar-refractivity contribution in [1.82, 2.24) is 10.9 Å². The van der Waals surface area contributed by atoms with Crippen molar-refractivity contribution in [1.29, 1.82) is 0 Å². The van der Waals surface area contributed by atoms with Gasteiger partial charge in [0.15, 0.2) is 0 Å². The van der Waals surface area contributed by atoms with Crippen LogP contribution in [0.15, 0.2) is 107 Å². The van der Waals surface area contributed by atoms with E-state index in [2.05, 4.69) is 153 Å². The number of amides is 2. The van der Waals surface area contributed by atoms with Crippen LogP contribution in [0.25, 0.3) is 0 Å². The summed E-state index contributed by atoms with van der Waals surface area (Å²) < 4.78 is 26.3. The Morgan fingerprint density at radius 3 is 0.909 bits per heavy atom. The average Bonchev–Trinajstić information content (AvgIpc) is 3.34. The summed E-state index contributed by atoms with van der Waals surface area (Å²) in [5.41, 5.74) is 16.3. The number of benzene rings is 6. The van der Waals surface area contributed by atoms with E-state index in [1.807, 2.05) is 48.5 Å². The van der Waals surface area contributed by atoms with Crippen LogP contribution in [0.5, 0.6) is 34.5 Å². The van der Waals surface area contributed by atoms with Crippen molar-refractivity contribution in [2.24, 2.45) is 10.2 Å². The number of ether oxygens (including phenoxy) is 4. The third kappa shape index (κ3) is 14.1. The minimum Gasteiger partial charge on any atom is -0.507 e. The molecule has 5 aliphatic rings. The maximum atomic E-state index is 12.7. The lowest BCUT2D eigenvalue weighted by atomic mass is 9.79. The summed E-state index contributed by atoms with van der Waals surface area (Å²) in [5, 5.41) is 33.5. The molecule has 14 bridgehead atoms. The van der Waals surface area contributed by atoms with E-state index in [0.717, 1.165) is 66.8 Å². The Morgan fingerprint density at radius 1 is 0.377 bits per heavy atom. The molecule has 0 spiro atoms. The van der Waals surface area contributed by atoms with E-state index in [1.54, 1.807) is 0 Å². The van der Waals surface area contributed by atoms with Gasteiger partial charge in [0.1, 0.15) is 67.3 Å². The van der Waals surface area contributed by atoms with Gasteiger partial charge in [-0.05, 0) is 148 Å². The molecule has 0 saturated heterocycles. The fraction of sp³-hybridized carbons (Fsp3) is 0.385. The second-order valence-corrected chi connectivity index (χ2v) is 24.5. The molecular weight excluding hydrogens is 965 g/mol. The summed E-state index contributed by atoms with van der Waals surface area (Å²) in [6, 6.07) is 31.9. The van der Waals surface area contributed by atoms with E-state index < -0.39 is 18.2 Å². The number of aromatic hydroxyl groups is 2. The summed E-state index contributed by atoms with van der Waals surface area (Å²) >= 11 is 0. The lowest BCUT2D eigenvalue weighted by Gasteiger charge is -2.28. The van der Waals surface area contributed by atoms with Crippen molar-refractivity contribution in [3.8, 4) is 34.5 Å². The molecular formula is C65H76N4O8. The molecule has 0 aromatic heterocycles. The third-order valence-electron chi connectivity index (χ3n) is 14.1. The van der Waals surface area contributed by atoms with E-state index in [1.165, 1.54) is 12.4 Å². The van der Waals surface area contributed by atoms with Crippen LogP contribution in [0.3, 0.4) is 0 Å². The van der Waals surface area contributed by atoms with E-state index in [4.69, 9.17) is 18.9 Å². The first-order valence-electron chi connectivity index (χ1n) is 26.7. The first-order valence-corrected chi connectivity index (χ1v) is 26.7. The van der Waals surface area contributed by atoms with Crippen LogP contribution in [0.4, 0.5) is 0 Å². The largest absolute Gasteiger partial charge is 0.507 e.